The summed E-state index contributed by atoms with van der Waals surface area (Å²) in [6, 6.07) is 7.66. The van der Waals surface area contributed by atoms with Crippen LogP contribution in [0, 0.1) is 0 Å². The van der Waals surface area contributed by atoms with E-state index in [0.717, 1.165) is 17.9 Å². The predicted molar refractivity (Wildman–Crippen MR) is 71.1 cm³/mol. The Morgan fingerprint density at radius 2 is 2.11 bits per heavy atom. The van der Waals surface area contributed by atoms with Crippen LogP contribution < -0.4 is 14.8 Å². The van der Waals surface area contributed by atoms with E-state index in [0.29, 0.717) is 18.9 Å². The molecule has 0 spiro atoms. The summed E-state index contributed by atoms with van der Waals surface area (Å²) in [4.78, 5) is 0. The molecular weight excluding hydrogens is 226 g/mol. The number of fused-ring (bicyclic) bond motifs is 1. The molecule has 0 radical (unpaired) electrons. The summed E-state index contributed by atoms with van der Waals surface area (Å²) in [7, 11) is 0. The van der Waals surface area contributed by atoms with Gasteiger partial charge < -0.3 is 14.8 Å². The SMILES string of the molecule is CC1CCCC(CCc2ccc3c(c2)OCO3)N1. The molecule has 0 aliphatic carbocycles. The Kier molecular flexibility index (Phi) is 3.41. The lowest BCUT2D eigenvalue weighted by Gasteiger charge is -2.28. The standard InChI is InChI=1S/C15H21NO2/c1-11-3-2-4-13(16-11)7-5-12-6-8-14-15(9-12)18-10-17-14/h6,8-9,11,13,16H,2-5,7,10H2,1H3. The maximum Gasteiger partial charge on any atom is 0.231 e. The lowest BCUT2D eigenvalue weighted by atomic mass is 9.95. The van der Waals surface area contributed by atoms with Crippen LogP contribution in [0.1, 0.15) is 38.2 Å². The maximum atomic E-state index is 5.41. The van der Waals surface area contributed by atoms with Gasteiger partial charge in [0.2, 0.25) is 6.79 Å². The average molecular weight is 247 g/mol. The number of piperidine rings is 1. The summed E-state index contributed by atoms with van der Waals surface area (Å²) in [5.74, 6) is 1.78. The fourth-order valence-electron chi connectivity index (χ4n) is 2.90. The third kappa shape index (κ3) is 2.61. The molecule has 1 saturated heterocycles. The number of hydrogen-bond acceptors (Lipinski definition) is 3. The Labute approximate surface area is 108 Å². The number of hydrogen-bond donors (Lipinski definition) is 1. The maximum absolute atomic E-state index is 5.41. The lowest BCUT2D eigenvalue weighted by molar-refractivity contribution is 0.174. The highest BCUT2D eigenvalue weighted by Gasteiger charge is 2.18. The fraction of sp³-hybridized carbons (Fsp3) is 0.600. The van der Waals surface area contributed by atoms with E-state index in [1.54, 1.807) is 0 Å². The van der Waals surface area contributed by atoms with Gasteiger partial charge >= 0.3 is 0 Å². The molecule has 2 aliphatic rings. The highest BCUT2D eigenvalue weighted by molar-refractivity contribution is 5.44. The van der Waals surface area contributed by atoms with Gasteiger partial charge in [-0.05, 0) is 50.3 Å². The van der Waals surface area contributed by atoms with Crippen LogP contribution in [0.3, 0.4) is 0 Å². The van der Waals surface area contributed by atoms with E-state index in [-0.39, 0.29) is 0 Å². The molecule has 3 rings (SSSR count). The van der Waals surface area contributed by atoms with Crippen LogP contribution in [0.15, 0.2) is 18.2 Å². The summed E-state index contributed by atoms with van der Waals surface area (Å²) in [5.41, 5.74) is 1.35. The van der Waals surface area contributed by atoms with E-state index in [1.165, 1.54) is 31.2 Å². The van der Waals surface area contributed by atoms with Gasteiger partial charge in [-0.3, -0.25) is 0 Å². The van der Waals surface area contributed by atoms with E-state index in [2.05, 4.69) is 24.4 Å². The first-order chi connectivity index (χ1) is 8.81. The molecular formula is C15H21NO2. The number of ether oxygens (including phenoxy) is 2. The first kappa shape index (κ1) is 11.8. The normalized spacial score (nSPS) is 26.3. The van der Waals surface area contributed by atoms with Crippen LogP contribution in [0.25, 0.3) is 0 Å². The van der Waals surface area contributed by atoms with Crippen molar-refractivity contribution >= 4 is 0 Å². The number of aryl methyl sites for hydroxylation is 1. The van der Waals surface area contributed by atoms with E-state index < -0.39 is 0 Å². The molecule has 0 saturated carbocycles. The van der Waals surface area contributed by atoms with E-state index in [4.69, 9.17) is 9.47 Å². The third-order valence-corrected chi connectivity index (χ3v) is 3.93. The van der Waals surface area contributed by atoms with Crippen LogP contribution in [0.2, 0.25) is 0 Å². The second-order valence-electron chi connectivity index (χ2n) is 5.42. The Bertz CT molecular complexity index is 419. The molecule has 1 aromatic carbocycles. The first-order valence-corrected chi connectivity index (χ1v) is 6.96. The van der Waals surface area contributed by atoms with Crippen LogP contribution >= 0.6 is 0 Å². The Balaban J connectivity index is 1.56. The van der Waals surface area contributed by atoms with Crippen molar-refractivity contribution in [3.63, 3.8) is 0 Å². The highest BCUT2D eigenvalue weighted by Crippen LogP contribution is 2.33. The molecule has 2 unspecified atom stereocenters. The minimum Gasteiger partial charge on any atom is -0.454 e. The molecule has 3 nitrogen and oxygen atoms in total. The zero-order valence-corrected chi connectivity index (χ0v) is 10.9. The minimum absolute atomic E-state index is 0.362. The summed E-state index contributed by atoms with van der Waals surface area (Å²) in [6.07, 6.45) is 6.32. The Hall–Kier alpha value is -1.22. The predicted octanol–water partition coefficient (Wildman–Crippen LogP) is 2.88. The molecule has 98 valence electrons. The average Bonchev–Trinajstić information content (AvgIpc) is 2.84. The Morgan fingerprint density at radius 3 is 3.00 bits per heavy atom. The van der Waals surface area contributed by atoms with E-state index in [9.17, 15) is 0 Å². The summed E-state index contributed by atoms with van der Waals surface area (Å²) in [5, 5.41) is 3.68. The van der Waals surface area contributed by atoms with Gasteiger partial charge in [-0.2, -0.15) is 0 Å². The molecule has 1 fully saturated rings. The molecule has 3 heteroatoms. The van der Waals surface area contributed by atoms with Gasteiger partial charge in [-0.1, -0.05) is 12.5 Å². The van der Waals surface area contributed by atoms with Crippen LogP contribution in [0.4, 0.5) is 0 Å². The van der Waals surface area contributed by atoms with E-state index >= 15 is 0 Å². The van der Waals surface area contributed by atoms with Gasteiger partial charge in [-0.25, -0.2) is 0 Å². The quantitative estimate of drug-likeness (QED) is 0.891. The zero-order chi connectivity index (χ0) is 12.4. The van der Waals surface area contributed by atoms with Crippen molar-refractivity contribution in [3.05, 3.63) is 23.8 Å². The smallest absolute Gasteiger partial charge is 0.231 e. The van der Waals surface area contributed by atoms with Crippen LogP contribution in [-0.4, -0.2) is 18.9 Å². The molecule has 2 aliphatic heterocycles. The molecule has 0 aromatic heterocycles. The summed E-state index contributed by atoms with van der Waals surface area (Å²) >= 11 is 0. The largest absolute Gasteiger partial charge is 0.454 e. The van der Waals surface area contributed by atoms with Gasteiger partial charge in [0, 0.05) is 12.1 Å². The first-order valence-electron chi connectivity index (χ1n) is 6.96. The Morgan fingerprint density at radius 1 is 1.22 bits per heavy atom. The fourth-order valence-corrected chi connectivity index (χ4v) is 2.90. The molecule has 2 heterocycles. The lowest BCUT2D eigenvalue weighted by Crippen LogP contribution is -2.40. The highest BCUT2D eigenvalue weighted by atomic mass is 16.7. The van der Waals surface area contributed by atoms with Crippen molar-refractivity contribution in [2.45, 2.75) is 51.1 Å². The summed E-state index contributed by atoms with van der Waals surface area (Å²) in [6.45, 7) is 2.65. The molecule has 0 bridgehead atoms. The van der Waals surface area contributed by atoms with Crippen LogP contribution in [0.5, 0.6) is 11.5 Å². The second-order valence-corrected chi connectivity index (χ2v) is 5.42. The monoisotopic (exact) mass is 247 g/mol. The second kappa shape index (κ2) is 5.19. The number of rotatable bonds is 3. The van der Waals surface area contributed by atoms with Gasteiger partial charge in [0.05, 0.1) is 0 Å². The molecule has 0 amide bonds. The van der Waals surface area contributed by atoms with E-state index in [1.807, 2.05) is 6.07 Å². The van der Waals surface area contributed by atoms with Gasteiger partial charge in [0.15, 0.2) is 11.5 Å². The molecule has 1 aromatic rings. The van der Waals surface area contributed by atoms with Gasteiger partial charge in [0.25, 0.3) is 0 Å². The van der Waals surface area contributed by atoms with Crippen molar-refractivity contribution in [2.24, 2.45) is 0 Å². The van der Waals surface area contributed by atoms with Crippen LogP contribution in [-0.2, 0) is 6.42 Å². The van der Waals surface area contributed by atoms with Crippen molar-refractivity contribution in [2.75, 3.05) is 6.79 Å². The van der Waals surface area contributed by atoms with Crippen molar-refractivity contribution in [1.82, 2.24) is 5.32 Å². The zero-order valence-electron chi connectivity index (χ0n) is 10.9. The topological polar surface area (TPSA) is 30.5 Å². The number of nitrogens with one attached hydrogen (secondary N) is 1. The molecule has 1 N–H and O–H groups in total. The molecule has 2 atom stereocenters. The molecule has 18 heavy (non-hydrogen) atoms. The number of benzene rings is 1. The van der Waals surface area contributed by atoms with Crippen molar-refractivity contribution in [1.29, 1.82) is 0 Å². The van der Waals surface area contributed by atoms with Crippen molar-refractivity contribution in [3.8, 4) is 11.5 Å². The summed E-state index contributed by atoms with van der Waals surface area (Å²) < 4.78 is 10.7. The van der Waals surface area contributed by atoms with Gasteiger partial charge in [-0.15, -0.1) is 0 Å². The minimum atomic E-state index is 0.362. The third-order valence-electron chi connectivity index (χ3n) is 3.93. The van der Waals surface area contributed by atoms with Gasteiger partial charge in [0.1, 0.15) is 0 Å². The van der Waals surface area contributed by atoms with Crippen molar-refractivity contribution < 1.29 is 9.47 Å².